The SMILES string of the molecule is COc1ccc2ccccc2c1-c1c(Oc2ccc3c(c2)-c2nc-3nc3[nH]c(nc4nc(nc5[nH]c(n2)c2ccc(Oc6ccc7ccccc7c6-c6c(OC)ccc7ccccc67)cc52)-c2ccc(Oc5ccc6ccccc6c5-c5c(OC)ccc6ccccc56)cc2-4)c2ccc(Oc4ccc5ccccc5c4-c4c(OC)ccc5ccccc45)cc32)ccc2ccccc12. The van der Waals surface area contributed by atoms with Gasteiger partial charge in [0.2, 0.25) is 0 Å². The Morgan fingerprint density at radius 1 is 0.167 bits per heavy atom. The number of nitrogens with one attached hydrogen (secondary N) is 2. The molecule has 0 radical (unpaired) electrons. The van der Waals surface area contributed by atoms with E-state index in [2.05, 4.69) is 253 Å². The molecule has 0 unspecified atom stereocenters. The predicted molar refractivity (Wildman–Crippen MR) is 530 cm³/mol. The quantitative estimate of drug-likeness (QED) is 0.0932. The fourth-order valence-corrected chi connectivity index (χ4v) is 19.6. The summed E-state index contributed by atoms with van der Waals surface area (Å²) in [4.78, 5) is 41.3. The van der Waals surface area contributed by atoms with Crippen molar-refractivity contribution >= 4 is 130 Å². The van der Waals surface area contributed by atoms with Crippen LogP contribution in [-0.2, 0) is 0 Å². The molecule has 16 heteroatoms. The molecule has 3 aromatic heterocycles. The third-order valence-electron chi connectivity index (χ3n) is 25.6. The zero-order valence-electron chi connectivity index (χ0n) is 71.6. The summed E-state index contributed by atoms with van der Waals surface area (Å²) in [7, 11) is 6.84. The Labute approximate surface area is 754 Å². The molecule has 0 saturated heterocycles. The van der Waals surface area contributed by atoms with E-state index in [1.165, 1.54) is 0 Å². The third kappa shape index (κ3) is 12.7. The highest BCUT2D eigenvalue weighted by Crippen LogP contribution is 2.54. The molecule has 20 aromatic carbocycles. The average molecular weight is 1710 g/mol. The van der Waals surface area contributed by atoms with Crippen LogP contribution in [0.4, 0.5) is 0 Å². The Hall–Kier alpha value is -17.8. The molecular weight excluding hydrogens is 1630 g/mol. The monoisotopic (exact) mass is 1710 g/mol. The number of methoxy groups -OCH3 is 4. The number of hydrogen-bond acceptors (Lipinski definition) is 14. The van der Waals surface area contributed by atoms with Gasteiger partial charge in [-0.1, -0.05) is 243 Å². The first-order valence-corrected chi connectivity index (χ1v) is 43.6. The maximum Gasteiger partial charge on any atom is 0.164 e. The Balaban J connectivity index is 0.724. The molecule has 8 bridgehead atoms. The van der Waals surface area contributed by atoms with Crippen molar-refractivity contribution in [1.82, 2.24) is 39.9 Å². The Morgan fingerprint density at radius 3 is 0.621 bits per heavy atom. The topological polar surface area (TPSA) is 183 Å². The smallest absolute Gasteiger partial charge is 0.164 e. The van der Waals surface area contributed by atoms with Crippen molar-refractivity contribution in [2.75, 3.05) is 28.4 Å². The highest BCUT2D eigenvalue weighted by Gasteiger charge is 2.30. The van der Waals surface area contributed by atoms with Gasteiger partial charge < -0.3 is 47.9 Å². The van der Waals surface area contributed by atoms with Crippen LogP contribution in [0.25, 0.3) is 220 Å². The lowest BCUT2D eigenvalue weighted by molar-refractivity contribution is 0.416. The molecule has 0 aliphatic carbocycles. The summed E-state index contributed by atoms with van der Waals surface area (Å²) in [5.74, 6) is 8.75. The van der Waals surface area contributed by atoms with Crippen LogP contribution in [0.2, 0.25) is 0 Å². The number of hydrogen-bond donors (Lipinski definition) is 2. The van der Waals surface area contributed by atoms with Crippen molar-refractivity contribution in [3.63, 3.8) is 0 Å². The number of aromatic nitrogens is 8. The summed E-state index contributed by atoms with van der Waals surface area (Å²) >= 11 is 0. The number of H-pyrrole nitrogens is 2. The summed E-state index contributed by atoms with van der Waals surface area (Å²) in [6.07, 6.45) is 0. The minimum atomic E-state index is 0.341. The molecule has 0 spiro atoms. The lowest BCUT2D eigenvalue weighted by atomic mass is 9.92. The van der Waals surface area contributed by atoms with Crippen LogP contribution < -0.4 is 37.9 Å². The molecule has 0 fully saturated rings. The van der Waals surface area contributed by atoms with Crippen LogP contribution in [-0.4, -0.2) is 68.3 Å². The van der Waals surface area contributed by atoms with Gasteiger partial charge in [0.15, 0.2) is 23.3 Å². The second-order valence-electron chi connectivity index (χ2n) is 32.9. The zero-order valence-corrected chi connectivity index (χ0v) is 71.6. The molecule has 23 aromatic rings. The van der Waals surface area contributed by atoms with Crippen molar-refractivity contribution in [2.24, 2.45) is 0 Å². The molecule has 2 aliphatic heterocycles. The van der Waals surface area contributed by atoms with Crippen molar-refractivity contribution in [2.45, 2.75) is 0 Å². The molecule has 2 N–H and O–H groups in total. The maximum atomic E-state index is 7.35. The second kappa shape index (κ2) is 31.1. The van der Waals surface area contributed by atoms with E-state index >= 15 is 0 Å². The zero-order chi connectivity index (χ0) is 87.8. The fraction of sp³-hybridized carbons (Fsp3) is 0.0345. The van der Waals surface area contributed by atoms with Crippen LogP contribution in [0.1, 0.15) is 0 Å². The van der Waals surface area contributed by atoms with E-state index in [-0.39, 0.29) is 0 Å². The van der Waals surface area contributed by atoms with Crippen LogP contribution >= 0.6 is 0 Å². The maximum absolute atomic E-state index is 7.35. The standard InChI is InChI=1S/C116H74N8O8/c1-125-93-53-37-65-21-5-13-29-77(65)101(93)105-81-33-17-9-25-69(81)41-57-97(105)129-73-45-49-85-89(61-73)113-117-109(85)122-114-91-63-75(131-99-59-43-71-27-11-19-35-83(71)107(99)103-79-31-15-7-23-67(79)39-55-95(103)127-3)47-51-87(91)111(119-114)124-116-92-64-76(132-100-60-44-72-28-12-20-36-84(72)108(100)104-80-32-16-8-24-68(80)40-56-96(104)128-4)48-52-88(92)112(120-116)123-115-90-62-74(46-50-86(90)110(118-115)121-113)130-98-58-42-70-26-10-18-34-82(70)106(98)102-78-30-14-6-22-66(78)38-54-94(102)126-2/h5-64H,1-4H3,(H2,117,118,119,120,121,122,123,124). The molecule has 2 aliphatic rings. The van der Waals surface area contributed by atoms with Gasteiger partial charge in [-0.2, -0.15) is 0 Å². The first-order chi connectivity index (χ1) is 65.2. The minimum absolute atomic E-state index is 0.341. The summed E-state index contributed by atoms with van der Waals surface area (Å²) in [6.45, 7) is 0. The summed E-state index contributed by atoms with van der Waals surface area (Å²) in [5.41, 5.74) is 11.5. The van der Waals surface area contributed by atoms with E-state index in [1.54, 1.807) is 28.4 Å². The highest BCUT2D eigenvalue weighted by atomic mass is 16.5. The molecule has 132 heavy (non-hydrogen) atoms. The van der Waals surface area contributed by atoms with Gasteiger partial charge in [0.25, 0.3) is 0 Å². The van der Waals surface area contributed by atoms with Crippen molar-refractivity contribution in [3.8, 4) is 159 Å². The summed E-state index contributed by atoms with van der Waals surface area (Å²) < 4.78 is 54.4. The molecule has 0 saturated carbocycles. The number of aromatic amines is 2. The van der Waals surface area contributed by atoms with Crippen LogP contribution in [0, 0.1) is 0 Å². The van der Waals surface area contributed by atoms with E-state index in [1.807, 2.05) is 121 Å². The first-order valence-electron chi connectivity index (χ1n) is 43.6. The first kappa shape index (κ1) is 76.7. The van der Waals surface area contributed by atoms with E-state index < -0.39 is 0 Å². The molecule has 16 nitrogen and oxygen atoms in total. The highest BCUT2D eigenvalue weighted by molar-refractivity contribution is 6.16. The van der Waals surface area contributed by atoms with Gasteiger partial charge in [-0.3, -0.25) is 0 Å². The lowest BCUT2D eigenvalue weighted by Crippen LogP contribution is -1.95. The number of nitrogens with zero attached hydrogens (tertiary/aromatic N) is 6. The number of fused-ring (bicyclic) bond motifs is 28. The van der Waals surface area contributed by atoms with E-state index in [4.69, 9.17) is 67.8 Å². The van der Waals surface area contributed by atoms with E-state index in [9.17, 15) is 0 Å². The van der Waals surface area contributed by atoms with Crippen molar-refractivity contribution in [3.05, 3.63) is 364 Å². The van der Waals surface area contributed by atoms with Gasteiger partial charge in [0.05, 0.1) is 28.4 Å². The van der Waals surface area contributed by atoms with Gasteiger partial charge in [0.1, 0.15) is 91.6 Å². The van der Waals surface area contributed by atoms with Crippen LogP contribution in [0.5, 0.6) is 69.0 Å². The average Bonchev–Trinajstić information content (AvgIpc) is 1.08. The molecule has 626 valence electrons. The number of ether oxygens (including phenoxy) is 8. The summed E-state index contributed by atoms with van der Waals surface area (Å²) in [5, 5.41) is 19.1. The molecular formula is C116H74N8O8. The van der Waals surface area contributed by atoms with Gasteiger partial charge in [-0.25, -0.2) is 29.9 Å². The van der Waals surface area contributed by atoms with Crippen molar-refractivity contribution in [1.29, 1.82) is 0 Å². The van der Waals surface area contributed by atoms with Crippen molar-refractivity contribution < 1.29 is 37.9 Å². The second-order valence-corrected chi connectivity index (χ2v) is 32.9. The Bertz CT molecular complexity index is 8520. The number of benzene rings is 20. The molecule has 0 atom stereocenters. The predicted octanol–water partition coefficient (Wildman–Crippen LogP) is 30.0. The molecule has 5 heterocycles. The van der Waals surface area contributed by atoms with Gasteiger partial charge >= 0.3 is 0 Å². The minimum Gasteiger partial charge on any atom is -0.496 e. The van der Waals surface area contributed by atoms with Crippen LogP contribution in [0.15, 0.2) is 364 Å². The normalized spacial score (nSPS) is 11.8. The summed E-state index contributed by atoms with van der Waals surface area (Å²) in [6, 6.07) is 124. The number of rotatable bonds is 16. The lowest BCUT2D eigenvalue weighted by Gasteiger charge is -2.19. The fourth-order valence-electron chi connectivity index (χ4n) is 19.6. The van der Waals surface area contributed by atoms with E-state index in [0.29, 0.717) is 159 Å². The molecule has 0 amide bonds. The largest absolute Gasteiger partial charge is 0.496 e. The van der Waals surface area contributed by atoms with Crippen LogP contribution in [0.3, 0.4) is 0 Å². The third-order valence-corrected chi connectivity index (χ3v) is 25.6. The van der Waals surface area contributed by atoms with Gasteiger partial charge in [0, 0.05) is 88.3 Å². The van der Waals surface area contributed by atoms with Gasteiger partial charge in [-0.15, -0.1) is 0 Å². The van der Waals surface area contributed by atoms with E-state index in [0.717, 1.165) is 131 Å². The van der Waals surface area contributed by atoms with Gasteiger partial charge in [-0.05, 0) is 208 Å². The Kier molecular flexibility index (Phi) is 18.0. The molecule has 25 rings (SSSR count). The Morgan fingerprint density at radius 2 is 0.371 bits per heavy atom.